The van der Waals surface area contributed by atoms with Crippen molar-refractivity contribution < 1.29 is 0 Å². The van der Waals surface area contributed by atoms with Gasteiger partial charge in [0.15, 0.2) is 0 Å². The maximum absolute atomic E-state index is 3.28. The first-order valence-corrected chi connectivity index (χ1v) is 4.85. The number of hydrogen-bond donors (Lipinski definition) is 1. The van der Waals surface area contributed by atoms with Crippen LogP contribution >= 0.6 is 11.8 Å². The Kier molecular flexibility index (Phi) is 1.72. The highest BCUT2D eigenvalue weighted by atomic mass is 32.2. The van der Waals surface area contributed by atoms with Crippen LogP contribution in [0.4, 0.5) is 0 Å². The number of aromatic nitrogens is 1. The topological polar surface area (TPSA) is 15.8 Å². The van der Waals surface area contributed by atoms with E-state index in [1.165, 1.54) is 35.6 Å². The van der Waals surface area contributed by atoms with E-state index in [1.54, 1.807) is 0 Å². The molecule has 0 aliphatic carbocycles. The monoisotopic (exact) mass is 153 g/mol. The highest BCUT2D eigenvalue weighted by Crippen LogP contribution is 2.21. The summed E-state index contributed by atoms with van der Waals surface area (Å²) in [5.41, 5.74) is 2.98. The average Bonchev–Trinajstić information content (AvgIpc) is 2.28. The van der Waals surface area contributed by atoms with Crippen LogP contribution in [0.1, 0.15) is 17.7 Å². The summed E-state index contributed by atoms with van der Waals surface area (Å²) in [6.07, 6.45) is 4.66. The summed E-state index contributed by atoms with van der Waals surface area (Å²) < 4.78 is 0. The van der Waals surface area contributed by atoms with E-state index in [-0.39, 0.29) is 0 Å². The van der Waals surface area contributed by atoms with Gasteiger partial charge >= 0.3 is 0 Å². The molecule has 2 heterocycles. The summed E-state index contributed by atoms with van der Waals surface area (Å²) in [6.45, 7) is 0. The fourth-order valence-electron chi connectivity index (χ4n) is 1.34. The summed E-state index contributed by atoms with van der Waals surface area (Å²) in [7, 11) is 0. The smallest absolute Gasteiger partial charge is 0.0338 e. The number of thioether (sulfide) groups is 1. The van der Waals surface area contributed by atoms with Gasteiger partial charge in [-0.25, -0.2) is 0 Å². The molecule has 54 valence electrons. The van der Waals surface area contributed by atoms with Gasteiger partial charge in [-0.15, -0.1) is 0 Å². The zero-order chi connectivity index (χ0) is 6.81. The van der Waals surface area contributed by atoms with Gasteiger partial charge in [-0.2, -0.15) is 11.8 Å². The lowest BCUT2D eigenvalue weighted by Crippen LogP contribution is -1.84. The minimum Gasteiger partial charge on any atom is -0.364 e. The number of aromatic amines is 1. The number of nitrogens with one attached hydrogen (secondary N) is 1. The maximum Gasteiger partial charge on any atom is 0.0338 e. The molecule has 1 aliphatic heterocycles. The molecule has 1 N–H and O–H groups in total. The molecule has 1 aromatic rings. The van der Waals surface area contributed by atoms with Crippen molar-refractivity contribution in [3.8, 4) is 0 Å². The Morgan fingerprint density at radius 2 is 2.50 bits per heavy atom. The van der Waals surface area contributed by atoms with Crippen LogP contribution in [0, 0.1) is 0 Å². The lowest BCUT2D eigenvalue weighted by molar-refractivity contribution is 0.935. The molecule has 1 aromatic heterocycles. The molecule has 0 aromatic carbocycles. The van der Waals surface area contributed by atoms with Gasteiger partial charge in [0.2, 0.25) is 0 Å². The van der Waals surface area contributed by atoms with Crippen molar-refractivity contribution in [2.24, 2.45) is 0 Å². The molecule has 0 radical (unpaired) electrons. The van der Waals surface area contributed by atoms with Crippen molar-refractivity contribution in [1.29, 1.82) is 0 Å². The second-order valence-corrected chi connectivity index (χ2v) is 3.74. The lowest BCUT2D eigenvalue weighted by Gasteiger charge is -1.93. The Morgan fingerprint density at radius 3 is 3.50 bits per heavy atom. The minimum atomic E-state index is 1.18. The molecule has 0 atom stereocenters. The van der Waals surface area contributed by atoms with E-state index in [1.807, 2.05) is 11.8 Å². The van der Waals surface area contributed by atoms with Crippen LogP contribution in [-0.2, 0) is 12.2 Å². The Morgan fingerprint density at radius 1 is 1.50 bits per heavy atom. The highest BCUT2D eigenvalue weighted by Gasteiger charge is 2.06. The van der Waals surface area contributed by atoms with Crippen molar-refractivity contribution in [2.75, 3.05) is 5.75 Å². The summed E-state index contributed by atoms with van der Waals surface area (Å²) >= 11 is 2.03. The summed E-state index contributed by atoms with van der Waals surface area (Å²) in [4.78, 5) is 3.28. The Labute approximate surface area is 65.2 Å². The van der Waals surface area contributed by atoms with Gasteiger partial charge < -0.3 is 4.98 Å². The van der Waals surface area contributed by atoms with E-state index in [2.05, 4.69) is 17.2 Å². The molecule has 0 amide bonds. The normalized spacial score (nSPS) is 18.0. The van der Waals surface area contributed by atoms with Crippen LogP contribution in [-0.4, -0.2) is 10.7 Å². The van der Waals surface area contributed by atoms with Crippen LogP contribution in [0.25, 0.3) is 0 Å². The van der Waals surface area contributed by atoms with Gasteiger partial charge in [-0.05, 0) is 30.2 Å². The molecule has 2 rings (SSSR count). The summed E-state index contributed by atoms with van der Waals surface area (Å²) in [5.74, 6) is 2.50. The number of H-pyrrole nitrogens is 1. The molecule has 2 heteroatoms. The van der Waals surface area contributed by atoms with Gasteiger partial charge in [0.1, 0.15) is 0 Å². The molecular formula is C8H11NS. The Bertz CT molecular complexity index is 196. The van der Waals surface area contributed by atoms with Crippen molar-refractivity contribution >= 4 is 11.8 Å². The van der Waals surface area contributed by atoms with Gasteiger partial charge in [-0.1, -0.05) is 0 Å². The minimum absolute atomic E-state index is 1.18. The average molecular weight is 153 g/mol. The second-order valence-electron chi connectivity index (χ2n) is 2.64. The van der Waals surface area contributed by atoms with Gasteiger partial charge in [0.05, 0.1) is 0 Å². The van der Waals surface area contributed by atoms with E-state index in [4.69, 9.17) is 0 Å². The van der Waals surface area contributed by atoms with E-state index in [9.17, 15) is 0 Å². The van der Waals surface area contributed by atoms with Gasteiger partial charge in [0, 0.05) is 17.6 Å². The highest BCUT2D eigenvalue weighted by molar-refractivity contribution is 7.98. The van der Waals surface area contributed by atoms with Crippen molar-refractivity contribution in [1.82, 2.24) is 4.98 Å². The zero-order valence-corrected chi connectivity index (χ0v) is 6.71. The molecule has 0 spiro atoms. The standard InChI is InChI=1S/C8H11NS/c1-2-7-3-4-9-8(7)6-10-5-1/h3-4,9H,1-2,5-6H2. The first-order valence-electron chi connectivity index (χ1n) is 3.70. The number of rotatable bonds is 0. The van der Waals surface area contributed by atoms with Gasteiger partial charge in [-0.3, -0.25) is 0 Å². The van der Waals surface area contributed by atoms with Gasteiger partial charge in [0.25, 0.3) is 0 Å². The molecule has 1 nitrogen and oxygen atoms in total. The van der Waals surface area contributed by atoms with Crippen LogP contribution in [0.15, 0.2) is 12.3 Å². The maximum atomic E-state index is 3.28. The fourth-order valence-corrected chi connectivity index (χ4v) is 2.31. The van der Waals surface area contributed by atoms with Crippen molar-refractivity contribution in [3.63, 3.8) is 0 Å². The van der Waals surface area contributed by atoms with Crippen LogP contribution in [0.2, 0.25) is 0 Å². The summed E-state index contributed by atoms with van der Waals surface area (Å²) in [5, 5.41) is 0. The molecular weight excluding hydrogens is 142 g/mol. The molecule has 0 bridgehead atoms. The molecule has 0 fully saturated rings. The van der Waals surface area contributed by atoms with Crippen LogP contribution in [0.5, 0.6) is 0 Å². The van der Waals surface area contributed by atoms with Crippen LogP contribution < -0.4 is 0 Å². The van der Waals surface area contributed by atoms with Crippen molar-refractivity contribution in [2.45, 2.75) is 18.6 Å². The van der Waals surface area contributed by atoms with E-state index in [0.29, 0.717) is 0 Å². The van der Waals surface area contributed by atoms with E-state index < -0.39 is 0 Å². The molecule has 0 saturated heterocycles. The molecule has 1 aliphatic rings. The largest absolute Gasteiger partial charge is 0.364 e. The summed E-state index contributed by atoms with van der Waals surface area (Å²) in [6, 6.07) is 2.21. The SMILES string of the molecule is c1cc2c([nH]1)CSCCC2. The lowest BCUT2D eigenvalue weighted by atomic mass is 10.1. The first-order chi connectivity index (χ1) is 4.97. The predicted octanol–water partition coefficient (Wildman–Crippen LogP) is 2.19. The van der Waals surface area contributed by atoms with E-state index in [0.717, 1.165) is 0 Å². The number of aryl methyl sites for hydroxylation is 1. The third kappa shape index (κ3) is 1.08. The fraction of sp³-hybridized carbons (Fsp3) is 0.500. The predicted molar refractivity (Wildman–Crippen MR) is 45.3 cm³/mol. The quantitative estimate of drug-likeness (QED) is 0.604. The van der Waals surface area contributed by atoms with E-state index >= 15 is 0 Å². The zero-order valence-electron chi connectivity index (χ0n) is 5.89. The molecule has 0 unspecified atom stereocenters. The Balaban J connectivity index is 2.28. The van der Waals surface area contributed by atoms with Crippen molar-refractivity contribution in [3.05, 3.63) is 23.5 Å². The third-order valence-electron chi connectivity index (χ3n) is 1.91. The number of fused-ring (bicyclic) bond motifs is 1. The third-order valence-corrected chi connectivity index (χ3v) is 2.98. The number of hydrogen-bond acceptors (Lipinski definition) is 1. The molecule has 10 heavy (non-hydrogen) atoms. The Hall–Kier alpha value is -0.370. The second kappa shape index (κ2) is 2.70. The molecule has 0 saturated carbocycles. The van der Waals surface area contributed by atoms with Crippen LogP contribution in [0.3, 0.4) is 0 Å². The first kappa shape index (κ1) is 6.35.